The Bertz CT molecular complexity index is 588. The third-order valence-electron chi connectivity index (χ3n) is 2.31. The Kier molecular flexibility index (Phi) is 7.11. The number of carbonyl (C=O) groups excluding carboxylic acids is 3. The number of hydrogen-bond donors (Lipinski definition) is 2. The van der Waals surface area contributed by atoms with Gasteiger partial charge in [-0.05, 0) is 67.8 Å². The third kappa shape index (κ3) is 4.02. The minimum atomic E-state index is -0.244. The number of hydrogen-bond acceptors (Lipinski definition) is 3. The zero-order valence-electron chi connectivity index (χ0n) is 10.6. The molecule has 107 valence electrons. The van der Waals surface area contributed by atoms with Gasteiger partial charge in [0.1, 0.15) is 0 Å². The molecule has 8 heteroatoms. The van der Waals surface area contributed by atoms with Crippen molar-refractivity contribution < 1.29 is 14.4 Å². The van der Waals surface area contributed by atoms with Crippen molar-refractivity contribution in [3.8, 4) is 0 Å². The quantitative estimate of drug-likeness (QED) is 0.514. The minimum Gasteiger partial charge on any atom is -0.324 e. The third-order valence-corrected chi connectivity index (χ3v) is 5.54. The number of halogens is 3. The van der Waals surface area contributed by atoms with E-state index in [9.17, 15) is 14.4 Å². The average Bonchev–Trinajstić information content (AvgIpc) is 2.39. The Morgan fingerprint density at radius 1 is 1.05 bits per heavy atom. The average molecular weight is 611 g/mol. The monoisotopic (exact) mass is 611 g/mol. The number of anilines is 2. The van der Waals surface area contributed by atoms with Gasteiger partial charge in [0.05, 0.1) is 27.6 Å². The van der Waals surface area contributed by atoms with Crippen LogP contribution in [0.1, 0.15) is 25.8 Å². The van der Waals surface area contributed by atoms with Crippen LogP contribution >= 0.6 is 67.8 Å². The summed E-state index contributed by atoms with van der Waals surface area (Å²) in [5.74, 6) is -0.403. The van der Waals surface area contributed by atoms with Gasteiger partial charge in [0, 0.05) is 13.3 Å². The number of amides is 2. The van der Waals surface area contributed by atoms with Crippen LogP contribution in [0.15, 0.2) is 0 Å². The molecule has 1 radical (unpaired) electrons. The van der Waals surface area contributed by atoms with Gasteiger partial charge in [-0.15, -0.1) is 0 Å². The summed E-state index contributed by atoms with van der Waals surface area (Å²) in [6.45, 7) is 3.13. The molecule has 0 unspecified atom stereocenters. The molecule has 1 aromatic carbocycles. The van der Waals surface area contributed by atoms with E-state index in [-0.39, 0.29) is 11.8 Å². The molecule has 0 saturated carbocycles. The second-order valence-electron chi connectivity index (χ2n) is 3.75. The van der Waals surface area contributed by atoms with Crippen molar-refractivity contribution in [3.05, 3.63) is 16.3 Å². The van der Waals surface area contributed by atoms with Gasteiger partial charge in [0.2, 0.25) is 18.1 Å². The molecule has 5 nitrogen and oxygen atoms in total. The van der Waals surface area contributed by atoms with E-state index < -0.39 is 0 Å². The van der Waals surface area contributed by atoms with Crippen LogP contribution in [0.5, 0.6) is 0 Å². The fourth-order valence-corrected chi connectivity index (χ4v) is 5.30. The molecule has 2 amide bonds. The molecule has 0 aliphatic carbocycles. The van der Waals surface area contributed by atoms with Gasteiger partial charge < -0.3 is 10.6 Å². The molecule has 0 bridgehead atoms. The first-order chi connectivity index (χ1) is 9.33. The largest absolute Gasteiger partial charge is 0.324 e. The van der Waals surface area contributed by atoms with Crippen LogP contribution in [0.3, 0.4) is 0 Å². The van der Waals surface area contributed by atoms with Crippen LogP contribution in [0.4, 0.5) is 11.4 Å². The van der Waals surface area contributed by atoms with Crippen molar-refractivity contribution in [1.82, 2.24) is 0 Å². The zero-order chi connectivity index (χ0) is 15.4. The smallest absolute Gasteiger partial charge is 0.235 e. The van der Waals surface area contributed by atoms with E-state index in [0.717, 1.165) is 0 Å². The van der Waals surface area contributed by atoms with Gasteiger partial charge >= 0.3 is 0 Å². The lowest BCUT2D eigenvalue weighted by Crippen LogP contribution is -2.17. The van der Waals surface area contributed by atoms with Crippen molar-refractivity contribution in [2.24, 2.45) is 0 Å². The highest BCUT2D eigenvalue weighted by molar-refractivity contribution is 14.1. The van der Waals surface area contributed by atoms with Crippen LogP contribution in [-0.2, 0) is 14.4 Å². The summed E-state index contributed by atoms with van der Waals surface area (Å²) in [7, 11) is 0. The van der Waals surface area contributed by atoms with Crippen molar-refractivity contribution in [1.29, 1.82) is 0 Å². The number of carbonyl (C=O) groups is 2. The van der Waals surface area contributed by atoms with Crippen molar-refractivity contribution in [2.75, 3.05) is 10.6 Å². The fraction of sp³-hybridized carbons (Fsp3) is 0.250. The highest BCUT2D eigenvalue weighted by Gasteiger charge is 2.22. The molecule has 0 spiro atoms. The molecule has 0 heterocycles. The Morgan fingerprint density at radius 2 is 1.55 bits per heavy atom. The van der Waals surface area contributed by atoms with Gasteiger partial charge in [-0.3, -0.25) is 14.4 Å². The molecule has 0 fully saturated rings. The number of benzene rings is 1. The summed E-state index contributed by atoms with van der Waals surface area (Å²) in [6.07, 6.45) is 2.19. The lowest BCUT2D eigenvalue weighted by Gasteiger charge is -2.17. The second-order valence-corrected chi connectivity index (χ2v) is 6.99. The van der Waals surface area contributed by atoms with E-state index >= 15 is 0 Å². The Labute approximate surface area is 157 Å². The maximum absolute atomic E-state index is 11.6. The first-order valence-electron chi connectivity index (χ1n) is 5.49. The van der Waals surface area contributed by atoms with Crippen LogP contribution in [0.25, 0.3) is 0 Å². The standard InChI is InChI=1S/C12H10I3N2O3/c1-3-7(20)17-12-9(14)6(4-18)8(13)11(10(12)15)16-5(2)19/h3H2,1-2H3,(H,16,19)(H,17,20). The summed E-state index contributed by atoms with van der Waals surface area (Å²) in [5, 5.41) is 5.44. The number of rotatable bonds is 4. The summed E-state index contributed by atoms with van der Waals surface area (Å²) >= 11 is 6.02. The molecular formula is C12H10I3N2O3. The first kappa shape index (κ1) is 18.1. The first-order valence-corrected chi connectivity index (χ1v) is 8.73. The molecule has 2 N–H and O–H groups in total. The minimum absolute atomic E-state index is 0.160. The van der Waals surface area contributed by atoms with E-state index in [1.807, 2.05) is 74.1 Å². The topological polar surface area (TPSA) is 75.3 Å². The summed E-state index contributed by atoms with van der Waals surface area (Å²) in [6, 6.07) is 0. The van der Waals surface area contributed by atoms with E-state index in [1.165, 1.54) is 6.92 Å². The molecular weight excluding hydrogens is 601 g/mol. The van der Waals surface area contributed by atoms with Gasteiger partial charge in [-0.1, -0.05) is 6.92 Å². The normalized spacial score (nSPS) is 10.1. The van der Waals surface area contributed by atoms with Crippen LogP contribution in [0, 0.1) is 10.7 Å². The van der Waals surface area contributed by atoms with Gasteiger partial charge in [0.25, 0.3) is 0 Å². The maximum atomic E-state index is 11.6. The lowest BCUT2D eigenvalue weighted by atomic mass is 10.2. The summed E-state index contributed by atoms with van der Waals surface area (Å²) in [4.78, 5) is 34.0. The molecule has 0 aliphatic heterocycles. The van der Waals surface area contributed by atoms with Gasteiger partial charge in [-0.25, -0.2) is 0 Å². The highest BCUT2D eigenvalue weighted by Crippen LogP contribution is 2.38. The SMILES string of the molecule is CCC(=O)Nc1c(I)c([C]=O)c(I)c(NC(C)=O)c1I. The van der Waals surface area contributed by atoms with Crippen LogP contribution in [0.2, 0.25) is 0 Å². The van der Waals surface area contributed by atoms with Gasteiger partial charge in [0.15, 0.2) is 0 Å². The van der Waals surface area contributed by atoms with Crippen LogP contribution < -0.4 is 10.6 Å². The zero-order valence-corrected chi connectivity index (χ0v) is 17.0. The van der Waals surface area contributed by atoms with E-state index in [2.05, 4.69) is 10.6 Å². The van der Waals surface area contributed by atoms with Crippen LogP contribution in [-0.4, -0.2) is 18.1 Å². The summed E-state index contributed by atoms with van der Waals surface area (Å²) < 4.78 is 1.91. The fourth-order valence-electron chi connectivity index (χ4n) is 1.38. The second kappa shape index (κ2) is 7.87. The van der Waals surface area contributed by atoms with E-state index in [1.54, 1.807) is 6.92 Å². The highest BCUT2D eigenvalue weighted by atomic mass is 127. The van der Waals surface area contributed by atoms with Gasteiger partial charge in [-0.2, -0.15) is 0 Å². The van der Waals surface area contributed by atoms with Crippen molar-refractivity contribution >= 4 is 97.2 Å². The Balaban J connectivity index is 3.53. The molecule has 0 aliphatic rings. The predicted octanol–water partition coefficient (Wildman–Crippen LogP) is 3.27. The molecule has 0 aromatic heterocycles. The van der Waals surface area contributed by atoms with Crippen molar-refractivity contribution in [2.45, 2.75) is 20.3 Å². The Morgan fingerprint density at radius 3 is 1.95 bits per heavy atom. The molecule has 20 heavy (non-hydrogen) atoms. The molecule has 0 atom stereocenters. The lowest BCUT2D eigenvalue weighted by molar-refractivity contribution is -0.116. The van der Waals surface area contributed by atoms with E-state index in [4.69, 9.17) is 0 Å². The molecule has 1 rings (SSSR count). The predicted molar refractivity (Wildman–Crippen MR) is 103 cm³/mol. The molecule has 1 aromatic rings. The maximum Gasteiger partial charge on any atom is 0.235 e. The molecule has 0 saturated heterocycles. The van der Waals surface area contributed by atoms with Crippen molar-refractivity contribution in [3.63, 3.8) is 0 Å². The summed E-state index contributed by atoms with van der Waals surface area (Å²) in [5.41, 5.74) is 1.38. The number of nitrogens with one attached hydrogen (secondary N) is 2. The van der Waals surface area contributed by atoms with E-state index in [0.29, 0.717) is 34.1 Å². The Hall–Kier alpha value is 0.0200.